The molecule has 1 N–H and O–H groups in total. The van der Waals surface area contributed by atoms with Crippen molar-refractivity contribution < 1.29 is 37.3 Å². The molecule has 0 radical (unpaired) electrons. The molecule has 0 aliphatic rings. The molecule has 0 heterocycles. The zero-order chi connectivity index (χ0) is 64.9. The third-order valence-corrected chi connectivity index (χ3v) is 17.8. The lowest BCUT2D eigenvalue weighted by Crippen LogP contribution is -2.47. The molecule has 0 aromatic heterocycles. The second kappa shape index (κ2) is 68.1. The number of hydrogen-bond acceptors (Lipinski definition) is 7. The van der Waals surface area contributed by atoms with Gasteiger partial charge in [-0.2, -0.15) is 0 Å². The molecule has 0 bridgehead atoms. The van der Waals surface area contributed by atoms with E-state index in [1.807, 2.05) is 33.3 Å². The molecule has 1 amide bonds. The van der Waals surface area contributed by atoms with Gasteiger partial charge in [0.25, 0.3) is 7.82 Å². The van der Waals surface area contributed by atoms with E-state index < -0.39 is 26.6 Å². The molecule has 3 atom stereocenters. The molecule has 0 saturated heterocycles. The Kier molecular flexibility index (Phi) is 65.9. The second-order valence-electron chi connectivity index (χ2n) is 26.8. The highest BCUT2D eigenvalue weighted by Crippen LogP contribution is 2.38. The van der Waals surface area contributed by atoms with Gasteiger partial charge >= 0.3 is 5.97 Å². The largest absolute Gasteiger partial charge is 0.756 e. The predicted molar refractivity (Wildman–Crippen MR) is 385 cm³/mol. The lowest BCUT2D eigenvalue weighted by molar-refractivity contribution is -0.870. The van der Waals surface area contributed by atoms with Gasteiger partial charge in [-0.15, -0.1) is 0 Å². The molecular formula is C79H145N2O7P. The van der Waals surface area contributed by atoms with Crippen LogP contribution in [0.4, 0.5) is 0 Å². The van der Waals surface area contributed by atoms with E-state index in [1.165, 1.54) is 212 Å². The fourth-order valence-electron chi connectivity index (χ4n) is 11.1. The van der Waals surface area contributed by atoms with Crippen LogP contribution in [0.2, 0.25) is 0 Å². The topological polar surface area (TPSA) is 114 Å². The van der Waals surface area contributed by atoms with Crippen molar-refractivity contribution in [1.82, 2.24) is 5.32 Å². The molecule has 10 heteroatoms. The second-order valence-corrected chi connectivity index (χ2v) is 28.2. The predicted octanol–water partition coefficient (Wildman–Crippen LogP) is 23.8. The van der Waals surface area contributed by atoms with Crippen LogP contribution in [0.3, 0.4) is 0 Å². The van der Waals surface area contributed by atoms with E-state index in [4.69, 9.17) is 13.8 Å². The lowest BCUT2D eigenvalue weighted by Gasteiger charge is -2.30. The van der Waals surface area contributed by atoms with Crippen molar-refractivity contribution >= 4 is 19.7 Å². The molecule has 9 nitrogen and oxygen atoms in total. The Morgan fingerprint density at radius 1 is 0.404 bits per heavy atom. The van der Waals surface area contributed by atoms with Crippen LogP contribution in [0, 0.1) is 0 Å². The molecule has 0 aromatic carbocycles. The Labute approximate surface area is 552 Å². The van der Waals surface area contributed by atoms with Crippen molar-refractivity contribution in [2.24, 2.45) is 0 Å². The first-order valence-corrected chi connectivity index (χ1v) is 39.4. The van der Waals surface area contributed by atoms with Gasteiger partial charge in [-0.3, -0.25) is 14.2 Å². The number of likely N-dealkylation sites (N-methyl/N-ethyl adjacent to an activating group) is 1. The van der Waals surface area contributed by atoms with E-state index in [0.29, 0.717) is 17.4 Å². The number of rotatable bonds is 69. The summed E-state index contributed by atoms with van der Waals surface area (Å²) in [6.45, 7) is 6.78. The summed E-state index contributed by atoms with van der Waals surface area (Å²) in [6, 6.07) is -0.895. The minimum atomic E-state index is -4.71. The third-order valence-electron chi connectivity index (χ3n) is 16.8. The SMILES string of the molecule is CC/C=C\C/C=C\C/C=C\C/C=C\C/C=C\C/C=C\CCCCCCCCCCC(=O)OC(/C=C/CCCCCCCCCCCCC)C(COP(=O)([O-])OCC[N+](C)(C)C)NC(=O)CCCCCCCCCCCCCCCCCCCCCCCCC. The quantitative estimate of drug-likeness (QED) is 0.0212. The van der Waals surface area contributed by atoms with Crippen molar-refractivity contribution in [1.29, 1.82) is 0 Å². The number of phosphoric acid groups is 1. The van der Waals surface area contributed by atoms with E-state index in [9.17, 15) is 19.0 Å². The number of esters is 1. The Hall–Kier alpha value is -2.81. The first-order chi connectivity index (χ1) is 43.4. The van der Waals surface area contributed by atoms with Crippen LogP contribution in [-0.4, -0.2) is 69.4 Å². The number of carbonyl (C=O) groups excluding carboxylic acids is 2. The number of allylic oxidation sites excluding steroid dienone is 13. The fraction of sp³-hybridized carbons (Fsp3) is 0.797. The molecule has 0 saturated carbocycles. The summed E-state index contributed by atoms with van der Waals surface area (Å²) < 4.78 is 30.5. The standard InChI is InChI=1S/C79H145N2O7P/c1-7-10-13-16-19-22-25-28-30-32-34-36-38-39-40-41-43-45-47-49-51-54-57-60-63-66-69-72-79(83)88-77(70-67-64-61-58-55-52-27-24-21-18-15-12-9-3)76(75-87-89(84,85)86-74-73-81(4,5)6)80-78(82)71-68-65-62-59-56-53-50-48-46-44-42-37-35-33-31-29-26-23-20-17-14-11-8-2/h10,13,19,22,28,30,34,36,39-40,43,45,67,70,76-77H,7-9,11-12,14-18,20-21,23-27,29,31-33,35,37-38,41-42,44,46-66,68-69,71-75H2,1-6H3,(H-,80,82,84,85)/b13-10-,22-19-,30-28-,36-34-,40-39-,45-43-,70-67+. The van der Waals surface area contributed by atoms with Gasteiger partial charge in [0.1, 0.15) is 19.3 Å². The molecule has 0 aliphatic carbocycles. The van der Waals surface area contributed by atoms with Crippen molar-refractivity contribution in [3.05, 3.63) is 85.1 Å². The summed E-state index contributed by atoms with van der Waals surface area (Å²) >= 11 is 0. The van der Waals surface area contributed by atoms with Crippen LogP contribution >= 0.6 is 7.82 Å². The Morgan fingerprint density at radius 3 is 1.08 bits per heavy atom. The number of carbonyl (C=O) groups is 2. The molecule has 0 spiro atoms. The van der Waals surface area contributed by atoms with Gasteiger partial charge in [-0.25, -0.2) is 0 Å². The number of ether oxygens (including phenoxy) is 1. The Morgan fingerprint density at radius 2 is 0.719 bits per heavy atom. The number of amides is 1. The molecule has 89 heavy (non-hydrogen) atoms. The number of quaternary nitrogens is 1. The summed E-state index contributed by atoms with van der Waals surface area (Å²) in [7, 11) is 1.19. The van der Waals surface area contributed by atoms with Crippen LogP contribution in [-0.2, 0) is 27.9 Å². The monoisotopic (exact) mass is 1270 g/mol. The van der Waals surface area contributed by atoms with E-state index in [-0.39, 0.29) is 24.9 Å². The van der Waals surface area contributed by atoms with Gasteiger partial charge in [-0.1, -0.05) is 344 Å². The van der Waals surface area contributed by atoms with Gasteiger partial charge in [0.2, 0.25) is 5.91 Å². The van der Waals surface area contributed by atoms with Crippen molar-refractivity contribution in [2.45, 2.75) is 367 Å². The van der Waals surface area contributed by atoms with Crippen molar-refractivity contribution in [3.8, 4) is 0 Å². The molecule has 0 fully saturated rings. The van der Waals surface area contributed by atoms with Crippen LogP contribution in [0.5, 0.6) is 0 Å². The molecule has 3 unspecified atom stereocenters. The maximum Gasteiger partial charge on any atom is 0.306 e. The van der Waals surface area contributed by atoms with Gasteiger partial charge in [0.15, 0.2) is 0 Å². The number of phosphoric ester groups is 1. The van der Waals surface area contributed by atoms with Gasteiger partial charge in [0.05, 0.1) is 33.8 Å². The molecule has 0 aliphatic heterocycles. The van der Waals surface area contributed by atoms with Crippen LogP contribution in [0.25, 0.3) is 0 Å². The number of hydrogen-bond donors (Lipinski definition) is 1. The van der Waals surface area contributed by atoms with Crippen molar-refractivity contribution in [3.63, 3.8) is 0 Å². The zero-order valence-corrected chi connectivity index (χ0v) is 60.3. The minimum Gasteiger partial charge on any atom is -0.756 e. The average Bonchev–Trinajstić information content (AvgIpc) is 3.63. The normalized spacial score (nSPS) is 13.9. The highest BCUT2D eigenvalue weighted by Gasteiger charge is 2.27. The minimum absolute atomic E-state index is 0.0246. The summed E-state index contributed by atoms with van der Waals surface area (Å²) in [6.07, 6.45) is 91.4. The highest BCUT2D eigenvalue weighted by molar-refractivity contribution is 7.45. The van der Waals surface area contributed by atoms with Gasteiger partial charge in [0, 0.05) is 12.8 Å². The lowest BCUT2D eigenvalue weighted by atomic mass is 10.0. The third kappa shape index (κ3) is 69.4. The maximum absolute atomic E-state index is 13.6. The fourth-order valence-corrected chi connectivity index (χ4v) is 11.8. The smallest absolute Gasteiger partial charge is 0.306 e. The summed E-state index contributed by atoms with van der Waals surface area (Å²) in [5, 5.41) is 3.05. The van der Waals surface area contributed by atoms with E-state index >= 15 is 0 Å². The summed E-state index contributed by atoms with van der Waals surface area (Å²) in [4.78, 5) is 40.3. The Balaban J connectivity index is 5.05. The first-order valence-electron chi connectivity index (χ1n) is 37.9. The van der Waals surface area contributed by atoms with E-state index in [0.717, 1.165) is 109 Å². The van der Waals surface area contributed by atoms with Crippen molar-refractivity contribution in [2.75, 3.05) is 40.9 Å². The number of nitrogens with one attached hydrogen (secondary N) is 1. The molecule has 0 rings (SSSR count). The van der Waals surface area contributed by atoms with E-state index in [2.05, 4.69) is 99.0 Å². The summed E-state index contributed by atoms with van der Waals surface area (Å²) in [5.74, 6) is -0.537. The highest BCUT2D eigenvalue weighted by atomic mass is 31.2. The average molecular weight is 1270 g/mol. The number of unbranched alkanes of at least 4 members (excludes halogenated alkanes) is 41. The van der Waals surface area contributed by atoms with Crippen LogP contribution in [0.1, 0.15) is 355 Å². The molecule has 518 valence electrons. The maximum atomic E-state index is 13.6. The number of nitrogens with zero attached hydrogens (tertiary/aromatic N) is 1. The first kappa shape index (κ1) is 86.2. The van der Waals surface area contributed by atoms with Crippen LogP contribution in [0.15, 0.2) is 85.1 Å². The summed E-state index contributed by atoms with van der Waals surface area (Å²) in [5.41, 5.74) is 0. The van der Waals surface area contributed by atoms with Gasteiger partial charge in [-0.05, 0) is 83.1 Å². The Bertz CT molecular complexity index is 1800. The zero-order valence-electron chi connectivity index (χ0n) is 59.4. The molecular weight excluding hydrogens is 1120 g/mol. The van der Waals surface area contributed by atoms with Gasteiger partial charge < -0.3 is 28.5 Å². The van der Waals surface area contributed by atoms with Crippen LogP contribution < -0.4 is 10.2 Å². The molecule has 0 aromatic rings. The van der Waals surface area contributed by atoms with E-state index in [1.54, 1.807) is 0 Å².